The number of nitrogens with zero attached hydrogens (tertiary/aromatic N) is 4. The number of hydroxylamine groups is 2. The molecule has 0 spiro atoms. The number of aryl methyl sites for hydroxylation is 1. The van der Waals surface area contributed by atoms with Crippen LogP contribution in [0.4, 0.5) is 0 Å². The number of aromatic nitrogens is 3. The van der Waals surface area contributed by atoms with Crippen LogP contribution >= 0.6 is 0 Å². The maximum absolute atomic E-state index is 12.5. The van der Waals surface area contributed by atoms with E-state index in [0.717, 1.165) is 0 Å². The fraction of sp³-hybridized carbons (Fsp3) is 0.643. The second-order valence-corrected chi connectivity index (χ2v) is 7.32. The van der Waals surface area contributed by atoms with E-state index in [4.69, 9.17) is 9.57 Å². The van der Waals surface area contributed by atoms with Gasteiger partial charge in [-0.15, -0.1) is 10.2 Å². The van der Waals surface area contributed by atoms with E-state index in [9.17, 15) is 23.7 Å². The van der Waals surface area contributed by atoms with Gasteiger partial charge in [0, 0.05) is 13.0 Å². The Morgan fingerprint density at radius 2 is 2.30 bits per heavy atom. The van der Waals surface area contributed by atoms with E-state index in [1.54, 1.807) is 4.57 Å². The molecule has 148 valence electrons. The van der Waals surface area contributed by atoms with Gasteiger partial charge >= 0.3 is 5.97 Å². The molecule has 1 aromatic rings. The number of carbonyl (C=O) groups excluding carboxylic acids is 2. The molecule has 1 aromatic heterocycles. The number of amides is 2. The maximum atomic E-state index is 12.5. The van der Waals surface area contributed by atoms with Crippen LogP contribution in [0.3, 0.4) is 0 Å². The molecule has 0 saturated carbocycles. The largest absolute Gasteiger partial charge is 0.478 e. The summed E-state index contributed by atoms with van der Waals surface area (Å²) in [4.78, 5) is 41.4. The summed E-state index contributed by atoms with van der Waals surface area (Å²) in [7, 11) is -1.74. The van der Waals surface area contributed by atoms with E-state index in [1.165, 1.54) is 6.33 Å². The Kier molecular flexibility index (Phi) is 5.53. The lowest BCUT2D eigenvalue weighted by Crippen LogP contribution is -2.56. The molecule has 2 fully saturated rings. The van der Waals surface area contributed by atoms with Crippen molar-refractivity contribution in [1.29, 1.82) is 0 Å². The zero-order valence-corrected chi connectivity index (χ0v) is 15.3. The second kappa shape index (κ2) is 7.70. The van der Waals surface area contributed by atoms with Gasteiger partial charge in [0.05, 0.1) is 6.61 Å². The van der Waals surface area contributed by atoms with Crippen LogP contribution in [0, 0.1) is 0 Å². The first-order valence-electron chi connectivity index (χ1n) is 8.29. The van der Waals surface area contributed by atoms with Crippen molar-refractivity contribution in [1.82, 2.24) is 25.1 Å². The van der Waals surface area contributed by atoms with Crippen LogP contribution in [0.15, 0.2) is 11.5 Å². The predicted octanol–water partition coefficient (Wildman–Crippen LogP) is -1.74. The van der Waals surface area contributed by atoms with Crippen LogP contribution in [0.5, 0.6) is 0 Å². The number of rotatable bonds is 7. The van der Waals surface area contributed by atoms with Gasteiger partial charge in [-0.2, -0.15) is 5.06 Å². The standard InChI is InChI=1S/C14H19N5O7S/c1-2-18-8-15-17-13(18)27(24)7-10(20)16-9-6-26-19(11(9)21)14(12(22)23)4-3-5-25-14/h8-9H,2-7H2,1H3,(H,16,20)(H,22,23)/t9-,14?,27?/m0/s1. The summed E-state index contributed by atoms with van der Waals surface area (Å²) >= 11 is 0. The normalized spacial score (nSPS) is 26.3. The van der Waals surface area contributed by atoms with Gasteiger partial charge in [0.25, 0.3) is 11.6 Å². The Hall–Kier alpha value is -2.38. The van der Waals surface area contributed by atoms with Crippen molar-refractivity contribution in [3.8, 4) is 0 Å². The molecule has 13 heteroatoms. The number of carboxylic acids is 1. The smallest absolute Gasteiger partial charge is 0.359 e. The number of carboxylic acid groups (broad SMARTS) is 1. The molecule has 27 heavy (non-hydrogen) atoms. The summed E-state index contributed by atoms with van der Waals surface area (Å²) in [5.41, 5.74) is -1.88. The summed E-state index contributed by atoms with van der Waals surface area (Å²) < 4.78 is 19.1. The summed E-state index contributed by atoms with van der Waals surface area (Å²) in [6, 6.07) is -1.08. The molecule has 0 aromatic carbocycles. The minimum atomic E-state index is -1.88. The number of aliphatic carboxylic acids is 1. The molecule has 2 aliphatic rings. The van der Waals surface area contributed by atoms with Crippen molar-refractivity contribution in [2.24, 2.45) is 0 Å². The van der Waals surface area contributed by atoms with E-state index in [1.807, 2.05) is 6.92 Å². The van der Waals surface area contributed by atoms with Crippen LogP contribution in [0.25, 0.3) is 0 Å². The molecule has 2 saturated heterocycles. The zero-order chi connectivity index (χ0) is 19.6. The van der Waals surface area contributed by atoms with E-state index < -0.39 is 46.1 Å². The Labute approximate surface area is 156 Å². The molecule has 3 rings (SSSR count). The number of nitrogens with one attached hydrogen (secondary N) is 1. The summed E-state index contributed by atoms with van der Waals surface area (Å²) in [6.07, 6.45) is 1.96. The molecule has 2 N–H and O–H groups in total. The minimum Gasteiger partial charge on any atom is -0.478 e. The van der Waals surface area contributed by atoms with Crippen LogP contribution in [0.1, 0.15) is 19.8 Å². The van der Waals surface area contributed by atoms with Gasteiger partial charge in [0.1, 0.15) is 35.5 Å². The third kappa shape index (κ3) is 3.57. The van der Waals surface area contributed by atoms with Crippen LogP contribution < -0.4 is 5.32 Å². The van der Waals surface area contributed by atoms with E-state index in [0.29, 0.717) is 18.0 Å². The fourth-order valence-corrected chi connectivity index (χ4v) is 3.94. The van der Waals surface area contributed by atoms with Gasteiger partial charge in [-0.3, -0.25) is 18.6 Å². The van der Waals surface area contributed by atoms with Crippen molar-refractivity contribution in [2.45, 2.75) is 43.2 Å². The van der Waals surface area contributed by atoms with Gasteiger partial charge in [-0.05, 0) is 13.3 Å². The number of hydrogen-bond donors (Lipinski definition) is 2. The van der Waals surface area contributed by atoms with Crippen LogP contribution in [-0.2, 0) is 41.3 Å². The summed E-state index contributed by atoms with van der Waals surface area (Å²) in [6.45, 7) is 2.27. The number of hydrogen-bond acceptors (Lipinski definition) is 8. The molecule has 3 heterocycles. The first kappa shape index (κ1) is 19.4. The van der Waals surface area contributed by atoms with Crippen molar-refractivity contribution in [2.75, 3.05) is 19.0 Å². The molecule has 2 unspecified atom stereocenters. The highest BCUT2D eigenvalue weighted by molar-refractivity contribution is 7.85. The van der Waals surface area contributed by atoms with Crippen molar-refractivity contribution < 1.29 is 33.3 Å². The van der Waals surface area contributed by atoms with Gasteiger partial charge in [-0.1, -0.05) is 0 Å². The lowest BCUT2D eigenvalue weighted by Gasteiger charge is -2.31. The van der Waals surface area contributed by atoms with Gasteiger partial charge < -0.3 is 19.7 Å². The van der Waals surface area contributed by atoms with Crippen molar-refractivity contribution in [3.05, 3.63) is 6.33 Å². The molecule has 2 amide bonds. The highest BCUT2D eigenvalue weighted by atomic mass is 32.2. The molecule has 0 aliphatic carbocycles. The predicted molar refractivity (Wildman–Crippen MR) is 87.3 cm³/mol. The highest BCUT2D eigenvalue weighted by Crippen LogP contribution is 2.33. The quantitative estimate of drug-likeness (QED) is 0.542. The van der Waals surface area contributed by atoms with E-state index in [2.05, 4.69) is 15.5 Å². The summed E-state index contributed by atoms with van der Waals surface area (Å²) in [5, 5.41) is 20.1. The topological polar surface area (TPSA) is 153 Å². The van der Waals surface area contributed by atoms with Gasteiger partial charge in [0.15, 0.2) is 0 Å². The molecule has 2 aliphatic heterocycles. The minimum absolute atomic E-state index is 0.0887. The Bertz CT molecular complexity index is 776. The SMILES string of the molecule is CCn1cnnc1S(=O)CC(=O)N[C@H]1CON(C2(C(=O)O)CCCO2)C1=O. The fourth-order valence-electron chi connectivity index (χ4n) is 2.91. The van der Waals surface area contributed by atoms with Crippen LogP contribution in [-0.4, -0.2) is 77.7 Å². The molecule has 0 radical (unpaired) electrons. The summed E-state index contributed by atoms with van der Waals surface area (Å²) in [5.74, 6) is -3.13. The average molecular weight is 401 g/mol. The Morgan fingerprint density at radius 1 is 1.52 bits per heavy atom. The monoisotopic (exact) mass is 401 g/mol. The van der Waals surface area contributed by atoms with Crippen molar-refractivity contribution >= 4 is 28.6 Å². The molecular weight excluding hydrogens is 382 g/mol. The second-order valence-electron chi connectivity index (χ2n) is 5.98. The van der Waals surface area contributed by atoms with Crippen molar-refractivity contribution in [3.63, 3.8) is 0 Å². The highest BCUT2D eigenvalue weighted by Gasteiger charge is 2.56. The maximum Gasteiger partial charge on any atom is 0.359 e. The lowest BCUT2D eigenvalue weighted by molar-refractivity contribution is -0.260. The first-order chi connectivity index (χ1) is 12.9. The molecule has 12 nitrogen and oxygen atoms in total. The number of carbonyl (C=O) groups is 3. The van der Waals surface area contributed by atoms with E-state index in [-0.39, 0.29) is 24.8 Å². The Morgan fingerprint density at radius 3 is 2.93 bits per heavy atom. The third-order valence-electron chi connectivity index (χ3n) is 4.25. The first-order valence-corrected chi connectivity index (χ1v) is 9.61. The molecular formula is C14H19N5O7S. The van der Waals surface area contributed by atoms with Gasteiger partial charge in [0.2, 0.25) is 11.1 Å². The van der Waals surface area contributed by atoms with Crippen LogP contribution in [0.2, 0.25) is 0 Å². The molecule has 0 bridgehead atoms. The average Bonchev–Trinajstić information content (AvgIpc) is 3.35. The van der Waals surface area contributed by atoms with Gasteiger partial charge in [-0.25, -0.2) is 4.79 Å². The third-order valence-corrected chi connectivity index (χ3v) is 5.50. The zero-order valence-electron chi connectivity index (χ0n) is 14.5. The van der Waals surface area contributed by atoms with E-state index >= 15 is 0 Å². The lowest BCUT2D eigenvalue weighted by atomic mass is 10.1. The Balaban J connectivity index is 1.62. The molecule has 3 atom stereocenters. The number of ether oxygens (including phenoxy) is 1.